The fourth-order valence-corrected chi connectivity index (χ4v) is 1.81. The third kappa shape index (κ3) is 14.4. The molecule has 1 N–H and O–H groups in total. The first kappa shape index (κ1) is 19.2. The summed E-state index contributed by atoms with van der Waals surface area (Å²) in [4.78, 5) is 39.0. The van der Waals surface area contributed by atoms with Crippen molar-refractivity contribution in [2.24, 2.45) is 0 Å². The van der Waals surface area contributed by atoms with E-state index in [1.54, 1.807) is 0 Å². The summed E-state index contributed by atoms with van der Waals surface area (Å²) in [5.74, 6) is -0.753. The molecule has 0 aromatic rings. The van der Waals surface area contributed by atoms with E-state index in [9.17, 15) is 14.4 Å². The van der Waals surface area contributed by atoms with Gasteiger partial charge in [-0.2, -0.15) is 9.68 Å². The lowest BCUT2D eigenvalue weighted by atomic mass is 10.1. The highest BCUT2D eigenvalue weighted by Crippen LogP contribution is 2.10. The van der Waals surface area contributed by atoms with Crippen LogP contribution in [0.3, 0.4) is 0 Å². The van der Waals surface area contributed by atoms with Gasteiger partial charge in [0.15, 0.2) is 0 Å². The highest BCUT2D eigenvalue weighted by atomic mass is 17.3. The largest absolute Gasteiger partial charge is 0.558 e. The fourth-order valence-electron chi connectivity index (χ4n) is 1.81. The number of unbranched alkanes of at least 4 members (excludes halogenated alkanes) is 8. The van der Waals surface area contributed by atoms with Crippen molar-refractivity contribution in [3.8, 4) is 0 Å². The Kier molecular flexibility index (Phi) is 12.1. The van der Waals surface area contributed by atoms with Gasteiger partial charge in [0.05, 0.1) is 0 Å². The molecular weight excluding hydrogens is 280 g/mol. The summed E-state index contributed by atoms with van der Waals surface area (Å²) in [5.41, 5.74) is 0. The summed E-state index contributed by atoms with van der Waals surface area (Å²) in [6.45, 7) is 2.18. The number of ether oxygens (including phenoxy) is 1. The highest BCUT2D eigenvalue weighted by molar-refractivity contribution is 5.81. The molecule has 0 spiro atoms. The fraction of sp³-hybridized carbons (Fsp3) is 0.786. The maximum Gasteiger partial charge on any atom is 0.558 e. The van der Waals surface area contributed by atoms with E-state index in [4.69, 9.17) is 5.11 Å². The van der Waals surface area contributed by atoms with Gasteiger partial charge in [-0.3, -0.25) is 4.79 Å². The van der Waals surface area contributed by atoms with E-state index in [0.29, 0.717) is 6.42 Å². The molecule has 21 heavy (non-hydrogen) atoms. The number of hydrogen-bond donors (Lipinski definition) is 1. The Hall–Kier alpha value is -1.79. The van der Waals surface area contributed by atoms with E-state index in [-0.39, 0.29) is 6.42 Å². The second-order valence-corrected chi connectivity index (χ2v) is 4.74. The quantitative estimate of drug-likeness (QED) is 0.212. The van der Waals surface area contributed by atoms with Crippen LogP contribution in [0.5, 0.6) is 0 Å². The molecule has 0 aliphatic carbocycles. The Labute approximate surface area is 124 Å². The SMILES string of the molecule is CCCCCCCCCCCC(=O)OC(=O)OOC(=O)O. The smallest absolute Gasteiger partial charge is 0.447 e. The van der Waals surface area contributed by atoms with Crippen LogP contribution >= 0.6 is 0 Å². The Morgan fingerprint density at radius 2 is 1.33 bits per heavy atom. The van der Waals surface area contributed by atoms with Gasteiger partial charge < -0.3 is 9.84 Å². The Bertz CT molecular complexity index is 314. The third-order valence-electron chi connectivity index (χ3n) is 2.86. The molecule has 0 radical (unpaired) electrons. The first-order valence-corrected chi connectivity index (χ1v) is 7.38. The first-order chi connectivity index (χ1) is 10.1. The number of esters is 1. The molecule has 0 saturated heterocycles. The molecule has 0 saturated carbocycles. The zero-order valence-corrected chi connectivity index (χ0v) is 12.5. The summed E-state index contributed by atoms with van der Waals surface area (Å²) in [7, 11) is 0. The molecule has 0 amide bonds. The normalized spacial score (nSPS) is 9.95. The summed E-state index contributed by atoms with van der Waals surface area (Å²) >= 11 is 0. The summed E-state index contributed by atoms with van der Waals surface area (Å²) in [6, 6.07) is 0. The van der Waals surface area contributed by atoms with Crippen molar-refractivity contribution < 1.29 is 34.0 Å². The van der Waals surface area contributed by atoms with Gasteiger partial charge in [-0.25, -0.2) is 9.68 Å². The molecule has 7 nitrogen and oxygen atoms in total. The molecule has 0 bridgehead atoms. The average Bonchev–Trinajstić information content (AvgIpc) is 2.43. The number of carbonyl (C=O) groups excluding carboxylic acids is 2. The Balaban J connectivity index is 3.37. The van der Waals surface area contributed by atoms with Crippen LogP contribution in [0.1, 0.15) is 71.1 Å². The molecule has 0 atom stereocenters. The van der Waals surface area contributed by atoms with Crippen molar-refractivity contribution in [3.63, 3.8) is 0 Å². The molecule has 122 valence electrons. The zero-order valence-electron chi connectivity index (χ0n) is 12.5. The van der Waals surface area contributed by atoms with E-state index in [2.05, 4.69) is 21.4 Å². The lowest BCUT2D eigenvalue weighted by molar-refractivity contribution is -0.213. The Morgan fingerprint density at radius 3 is 1.86 bits per heavy atom. The first-order valence-electron chi connectivity index (χ1n) is 7.38. The molecule has 0 fully saturated rings. The second-order valence-electron chi connectivity index (χ2n) is 4.74. The van der Waals surface area contributed by atoms with Crippen molar-refractivity contribution in [2.45, 2.75) is 71.1 Å². The predicted octanol–water partition coefficient (Wildman–Crippen LogP) is 4.20. The number of rotatable bonds is 10. The molecule has 0 aromatic carbocycles. The van der Waals surface area contributed by atoms with Crippen LogP contribution in [0.2, 0.25) is 0 Å². The Morgan fingerprint density at radius 1 is 0.810 bits per heavy atom. The van der Waals surface area contributed by atoms with Crippen LogP contribution in [0, 0.1) is 0 Å². The van der Waals surface area contributed by atoms with Crippen LogP contribution < -0.4 is 0 Å². The van der Waals surface area contributed by atoms with Crippen molar-refractivity contribution in [3.05, 3.63) is 0 Å². The van der Waals surface area contributed by atoms with Crippen LogP contribution in [0.25, 0.3) is 0 Å². The molecule has 0 heterocycles. The molecule has 0 aliphatic rings. The standard InChI is InChI=1S/C14H24O7/c1-2-3-4-5-6-7-8-9-10-11-12(15)19-14(18)21-20-13(16)17/h2-11H2,1H3,(H,16,17). The molecule has 0 aliphatic heterocycles. The van der Waals surface area contributed by atoms with Gasteiger partial charge in [-0.15, -0.1) is 0 Å². The van der Waals surface area contributed by atoms with Crippen LogP contribution in [0.4, 0.5) is 9.59 Å². The maximum atomic E-state index is 11.2. The summed E-state index contributed by atoms with van der Waals surface area (Å²) in [5, 5.41) is 8.05. The number of carbonyl (C=O) groups is 3. The monoisotopic (exact) mass is 304 g/mol. The van der Waals surface area contributed by atoms with Gasteiger partial charge in [0.2, 0.25) is 0 Å². The van der Waals surface area contributed by atoms with E-state index in [1.165, 1.54) is 32.1 Å². The van der Waals surface area contributed by atoms with E-state index in [0.717, 1.165) is 19.3 Å². The summed E-state index contributed by atoms with van der Waals surface area (Å²) < 4.78 is 4.18. The van der Waals surface area contributed by atoms with E-state index >= 15 is 0 Å². The van der Waals surface area contributed by atoms with Gasteiger partial charge >= 0.3 is 18.3 Å². The van der Waals surface area contributed by atoms with Crippen LogP contribution in [-0.2, 0) is 19.3 Å². The maximum absolute atomic E-state index is 11.2. The van der Waals surface area contributed by atoms with Crippen molar-refractivity contribution in [1.29, 1.82) is 0 Å². The molecule has 7 heteroatoms. The van der Waals surface area contributed by atoms with E-state index in [1.807, 2.05) is 0 Å². The van der Waals surface area contributed by atoms with Gasteiger partial charge in [-0.1, -0.05) is 58.3 Å². The minimum Gasteiger partial charge on any atom is -0.447 e. The van der Waals surface area contributed by atoms with Crippen molar-refractivity contribution in [2.75, 3.05) is 0 Å². The van der Waals surface area contributed by atoms with Crippen LogP contribution in [0.15, 0.2) is 0 Å². The van der Waals surface area contributed by atoms with Gasteiger partial charge in [-0.05, 0) is 6.42 Å². The highest BCUT2D eigenvalue weighted by Gasteiger charge is 2.14. The minimum absolute atomic E-state index is 0.0952. The molecule has 0 rings (SSSR count). The lowest BCUT2D eigenvalue weighted by Gasteiger charge is -2.02. The van der Waals surface area contributed by atoms with Gasteiger partial charge in [0.1, 0.15) is 0 Å². The zero-order chi connectivity index (χ0) is 15.9. The van der Waals surface area contributed by atoms with Crippen molar-refractivity contribution >= 4 is 18.3 Å². The molecular formula is C14H24O7. The molecule has 0 unspecified atom stereocenters. The molecule has 0 aromatic heterocycles. The van der Waals surface area contributed by atoms with Crippen LogP contribution in [-0.4, -0.2) is 23.4 Å². The predicted molar refractivity (Wildman–Crippen MR) is 73.5 cm³/mol. The topological polar surface area (TPSA) is 99.1 Å². The number of carboxylic acid groups (broad SMARTS) is 1. The number of hydrogen-bond acceptors (Lipinski definition) is 6. The van der Waals surface area contributed by atoms with E-state index < -0.39 is 18.3 Å². The minimum atomic E-state index is -1.79. The lowest BCUT2D eigenvalue weighted by Crippen LogP contribution is -2.15. The third-order valence-corrected chi connectivity index (χ3v) is 2.86. The average molecular weight is 304 g/mol. The van der Waals surface area contributed by atoms with Gasteiger partial charge in [0, 0.05) is 6.42 Å². The van der Waals surface area contributed by atoms with Gasteiger partial charge in [0.25, 0.3) is 0 Å². The summed E-state index contributed by atoms with van der Waals surface area (Å²) in [6.07, 6.45) is 6.81. The van der Waals surface area contributed by atoms with Crippen molar-refractivity contribution in [1.82, 2.24) is 0 Å². The second kappa shape index (κ2) is 13.2.